The molecule has 1 saturated heterocycles. The van der Waals surface area contributed by atoms with Gasteiger partial charge in [0.2, 0.25) is 5.91 Å². The summed E-state index contributed by atoms with van der Waals surface area (Å²) in [5.41, 5.74) is 1.18. The van der Waals surface area contributed by atoms with Gasteiger partial charge < -0.3 is 24.4 Å². The predicted molar refractivity (Wildman–Crippen MR) is 99.7 cm³/mol. The minimum absolute atomic E-state index is 0.134. The molecule has 2 aliphatic heterocycles. The molecular formula is C20H30N2O4. The SMILES string of the molecule is COCCN1CCC(C(=O)NCC2COc3cc(OC)ccc3C2)CC1. The summed E-state index contributed by atoms with van der Waals surface area (Å²) < 4.78 is 16.2. The predicted octanol–water partition coefficient (Wildman–Crippen LogP) is 1.72. The first-order valence-electron chi connectivity index (χ1n) is 9.48. The number of ether oxygens (including phenoxy) is 3. The summed E-state index contributed by atoms with van der Waals surface area (Å²) in [6, 6.07) is 5.94. The van der Waals surface area contributed by atoms with Crippen molar-refractivity contribution in [3.8, 4) is 11.5 Å². The molecule has 1 unspecified atom stereocenters. The van der Waals surface area contributed by atoms with Crippen molar-refractivity contribution in [1.29, 1.82) is 0 Å². The number of nitrogens with one attached hydrogen (secondary N) is 1. The van der Waals surface area contributed by atoms with Crippen molar-refractivity contribution in [3.05, 3.63) is 23.8 Å². The number of piperidine rings is 1. The highest BCUT2D eigenvalue weighted by Crippen LogP contribution is 2.30. The molecule has 2 heterocycles. The summed E-state index contributed by atoms with van der Waals surface area (Å²) in [5.74, 6) is 2.36. The lowest BCUT2D eigenvalue weighted by Crippen LogP contribution is -2.43. The van der Waals surface area contributed by atoms with Gasteiger partial charge in [-0.3, -0.25) is 4.79 Å². The van der Waals surface area contributed by atoms with Gasteiger partial charge in [-0.15, -0.1) is 0 Å². The van der Waals surface area contributed by atoms with Crippen LogP contribution in [0.2, 0.25) is 0 Å². The Morgan fingerprint density at radius 1 is 1.31 bits per heavy atom. The minimum atomic E-state index is 0.134. The number of nitrogens with zero attached hydrogens (tertiary/aromatic N) is 1. The lowest BCUT2D eigenvalue weighted by molar-refractivity contribution is -0.126. The molecule has 1 N–H and O–H groups in total. The molecule has 1 aromatic carbocycles. The molecule has 2 aliphatic rings. The zero-order valence-corrected chi connectivity index (χ0v) is 15.8. The maximum absolute atomic E-state index is 12.5. The van der Waals surface area contributed by atoms with Gasteiger partial charge in [0, 0.05) is 38.1 Å². The number of methoxy groups -OCH3 is 2. The molecule has 1 amide bonds. The largest absolute Gasteiger partial charge is 0.497 e. The monoisotopic (exact) mass is 362 g/mol. The standard InChI is InChI=1S/C20H30N2O4/c1-24-10-9-22-7-5-16(6-8-22)20(23)21-13-15-11-17-3-4-18(25-2)12-19(17)26-14-15/h3-4,12,15-16H,5-11,13-14H2,1-2H3,(H,21,23). The van der Waals surface area contributed by atoms with Crippen molar-refractivity contribution in [2.75, 3.05) is 53.6 Å². The number of carbonyl (C=O) groups is 1. The Bertz CT molecular complexity index is 599. The smallest absolute Gasteiger partial charge is 0.223 e. The maximum Gasteiger partial charge on any atom is 0.223 e. The average molecular weight is 362 g/mol. The molecule has 1 fully saturated rings. The van der Waals surface area contributed by atoms with Crippen LogP contribution in [0, 0.1) is 11.8 Å². The van der Waals surface area contributed by atoms with Gasteiger partial charge in [0.1, 0.15) is 11.5 Å². The van der Waals surface area contributed by atoms with Crippen molar-refractivity contribution in [2.45, 2.75) is 19.3 Å². The van der Waals surface area contributed by atoms with E-state index in [1.807, 2.05) is 12.1 Å². The van der Waals surface area contributed by atoms with Crippen molar-refractivity contribution >= 4 is 5.91 Å². The Labute approximate surface area is 155 Å². The third-order valence-electron chi connectivity index (χ3n) is 5.39. The van der Waals surface area contributed by atoms with Crippen molar-refractivity contribution in [2.24, 2.45) is 11.8 Å². The topological polar surface area (TPSA) is 60.0 Å². The fourth-order valence-electron chi connectivity index (χ4n) is 3.70. The van der Waals surface area contributed by atoms with Gasteiger partial charge in [-0.1, -0.05) is 6.07 Å². The first-order valence-corrected chi connectivity index (χ1v) is 9.48. The van der Waals surface area contributed by atoms with Gasteiger partial charge in [-0.2, -0.15) is 0 Å². The maximum atomic E-state index is 12.5. The molecule has 0 bridgehead atoms. The van der Waals surface area contributed by atoms with E-state index in [-0.39, 0.29) is 11.8 Å². The van der Waals surface area contributed by atoms with E-state index in [4.69, 9.17) is 14.2 Å². The number of hydrogen-bond donors (Lipinski definition) is 1. The zero-order valence-electron chi connectivity index (χ0n) is 15.8. The molecule has 6 heteroatoms. The third kappa shape index (κ3) is 4.89. The van der Waals surface area contributed by atoms with Crippen LogP contribution in [-0.2, 0) is 16.0 Å². The number of carbonyl (C=O) groups excluding carboxylic acids is 1. The molecule has 144 valence electrons. The number of amides is 1. The van der Waals surface area contributed by atoms with Crippen LogP contribution in [0.1, 0.15) is 18.4 Å². The molecule has 0 spiro atoms. The van der Waals surface area contributed by atoms with Crippen LogP contribution in [0.3, 0.4) is 0 Å². The van der Waals surface area contributed by atoms with E-state index < -0.39 is 0 Å². The summed E-state index contributed by atoms with van der Waals surface area (Å²) in [4.78, 5) is 14.8. The molecule has 0 radical (unpaired) electrons. The highest BCUT2D eigenvalue weighted by molar-refractivity contribution is 5.78. The Kier molecular flexibility index (Phi) is 6.74. The number of hydrogen-bond acceptors (Lipinski definition) is 5. The second-order valence-electron chi connectivity index (χ2n) is 7.21. The van der Waals surface area contributed by atoms with Crippen LogP contribution in [0.25, 0.3) is 0 Å². The minimum Gasteiger partial charge on any atom is -0.497 e. The molecule has 3 rings (SSSR count). The van der Waals surface area contributed by atoms with Gasteiger partial charge >= 0.3 is 0 Å². The summed E-state index contributed by atoms with van der Waals surface area (Å²) >= 11 is 0. The number of benzene rings is 1. The normalized spacial score (nSPS) is 20.9. The van der Waals surface area contributed by atoms with E-state index in [2.05, 4.69) is 16.3 Å². The molecule has 1 aromatic rings. The first-order chi connectivity index (χ1) is 12.7. The fourth-order valence-corrected chi connectivity index (χ4v) is 3.70. The lowest BCUT2D eigenvalue weighted by Gasteiger charge is -2.31. The first kappa shape index (κ1) is 19.0. The Hall–Kier alpha value is -1.79. The van der Waals surface area contributed by atoms with Crippen LogP contribution < -0.4 is 14.8 Å². The summed E-state index contributed by atoms with van der Waals surface area (Å²) in [7, 11) is 3.38. The Morgan fingerprint density at radius 3 is 2.85 bits per heavy atom. The number of fused-ring (bicyclic) bond motifs is 1. The van der Waals surface area contributed by atoms with E-state index >= 15 is 0 Å². The van der Waals surface area contributed by atoms with E-state index in [0.717, 1.165) is 57.0 Å². The molecule has 0 aromatic heterocycles. The number of rotatable bonds is 7. The van der Waals surface area contributed by atoms with Crippen LogP contribution >= 0.6 is 0 Å². The van der Waals surface area contributed by atoms with Crippen LogP contribution in [0.15, 0.2) is 18.2 Å². The van der Waals surface area contributed by atoms with Crippen molar-refractivity contribution in [1.82, 2.24) is 10.2 Å². The number of likely N-dealkylation sites (tertiary alicyclic amines) is 1. The van der Waals surface area contributed by atoms with Gasteiger partial charge in [0.15, 0.2) is 0 Å². The molecule has 26 heavy (non-hydrogen) atoms. The quantitative estimate of drug-likeness (QED) is 0.800. The van der Waals surface area contributed by atoms with Crippen molar-refractivity contribution < 1.29 is 19.0 Å². The van der Waals surface area contributed by atoms with Gasteiger partial charge in [-0.05, 0) is 44.0 Å². The van der Waals surface area contributed by atoms with Crippen LogP contribution in [0.5, 0.6) is 11.5 Å². The van der Waals surface area contributed by atoms with Crippen LogP contribution in [0.4, 0.5) is 0 Å². The highest BCUT2D eigenvalue weighted by Gasteiger charge is 2.26. The van der Waals surface area contributed by atoms with E-state index in [1.54, 1.807) is 14.2 Å². The van der Waals surface area contributed by atoms with Gasteiger partial charge in [-0.25, -0.2) is 0 Å². The Balaban J connectivity index is 1.41. The highest BCUT2D eigenvalue weighted by atomic mass is 16.5. The lowest BCUT2D eigenvalue weighted by atomic mass is 9.94. The molecular weight excluding hydrogens is 332 g/mol. The summed E-state index contributed by atoms with van der Waals surface area (Å²) in [5, 5.41) is 3.15. The fraction of sp³-hybridized carbons (Fsp3) is 0.650. The Morgan fingerprint density at radius 2 is 2.12 bits per heavy atom. The molecule has 6 nitrogen and oxygen atoms in total. The molecule has 0 saturated carbocycles. The molecule has 0 aliphatic carbocycles. The second kappa shape index (κ2) is 9.24. The average Bonchev–Trinajstić information content (AvgIpc) is 2.70. The van der Waals surface area contributed by atoms with E-state index in [0.29, 0.717) is 19.1 Å². The summed E-state index contributed by atoms with van der Waals surface area (Å²) in [6.07, 6.45) is 2.79. The van der Waals surface area contributed by atoms with Crippen LogP contribution in [-0.4, -0.2) is 64.4 Å². The second-order valence-corrected chi connectivity index (χ2v) is 7.21. The zero-order chi connectivity index (χ0) is 18.4. The third-order valence-corrected chi connectivity index (χ3v) is 5.39. The van der Waals surface area contributed by atoms with Crippen molar-refractivity contribution in [3.63, 3.8) is 0 Å². The van der Waals surface area contributed by atoms with E-state index in [9.17, 15) is 4.79 Å². The summed E-state index contributed by atoms with van der Waals surface area (Å²) in [6.45, 7) is 4.97. The van der Waals surface area contributed by atoms with Gasteiger partial charge in [0.05, 0.1) is 20.3 Å². The molecule has 1 atom stereocenters. The van der Waals surface area contributed by atoms with E-state index in [1.165, 1.54) is 5.56 Å². The van der Waals surface area contributed by atoms with Gasteiger partial charge in [0.25, 0.3) is 0 Å².